The lowest BCUT2D eigenvalue weighted by atomic mass is 10.2. The second kappa shape index (κ2) is 5.40. The minimum absolute atomic E-state index is 0.745. The van der Waals surface area contributed by atoms with Crippen LogP contribution >= 0.6 is 27.5 Å². The molecular formula is C14H18BrClN2. The summed E-state index contributed by atoms with van der Waals surface area (Å²) < 4.78 is 1.11. The molecule has 0 aromatic heterocycles. The number of rotatable bonds is 1. The molecule has 0 amide bonds. The van der Waals surface area contributed by atoms with E-state index < -0.39 is 0 Å². The monoisotopic (exact) mass is 328 g/mol. The summed E-state index contributed by atoms with van der Waals surface area (Å²) in [6.07, 6.45) is 3.97. The Labute approximate surface area is 122 Å². The third-order valence-electron chi connectivity index (χ3n) is 4.05. The SMILES string of the molecule is Clc1ccc(N2CCCN3CCCC3C2)c(Br)c1. The van der Waals surface area contributed by atoms with E-state index in [0.717, 1.165) is 28.6 Å². The minimum Gasteiger partial charge on any atom is -0.369 e. The van der Waals surface area contributed by atoms with Crippen molar-refractivity contribution in [3.63, 3.8) is 0 Å². The summed E-state index contributed by atoms with van der Waals surface area (Å²) in [5, 5.41) is 0.794. The third-order valence-corrected chi connectivity index (χ3v) is 4.92. The Hall–Kier alpha value is -0.250. The highest BCUT2D eigenvalue weighted by Gasteiger charge is 2.29. The van der Waals surface area contributed by atoms with Gasteiger partial charge in [-0.15, -0.1) is 0 Å². The summed E-state index contributed by atoms with van der Waals surface area (Å²) in [5.74, 6) is 0. The highest BCUT2D eigenvalue weighted by atomic mass is 79.9. The first kappa shape index (κ1) is 12.8. The van der Waals surface area contributed by atoms with Gasteiger partial charge in [-0.25, -0.2) is 0 Å². The second-order valence-corrected chi connectivity index (χ2v) is 6.52. The summed E-state index contributed by atoms with van der Waals surface area (Å²) >= 11 is 9.66. The maximum Gasteiger partial charge on any atom is 0.0512 e. The van der Waals surface area contributed by atoms with Gasteiger partial charge in [0.1, 0.15) is 0 Å². The number of halogens is 2. The van der Waals surface area contributed by atoms with E-state index in [1.165, 1.54) is 38.0 Å². The summed E-state index contributed by atoms with van der Waals surface area (Å²) in [4.78, 5) is 5.17. The number of benzene rings is 1. The number of anilines is 1. The average Bonchev–Trinajstić information content (AvgIpc) is 2.67. The molecule has 2 aliphatic rings. The molecule has 2 saturated heterocycles. The number of nitrogens with zero attached hydrogens (tertiary/aromatic N) is 2. The maximum absolute atomic E-state index is 6.02. The van der Waals surface area contributed by atoms with Gasteiger partial charge in [-0.1, -0.05) is 11.6 Å². The topological polar surface area (TPSA) is 6.48 Å². The zero-order valence-electron chi connectivity index (χ0n) is 10.4. The van der Waals surface area contributed by atoms with E-state index in [1.807, 2.05) is 12.1 Å². The van der Waals surface area contributed by atoms with Crippen molar-refractivity contribution in [2.75, 3.05) is 31.1 Å². The van der Waals surface area contributed by atoms with Gasteiger partial charge in [0.05, 0.1) is 5.69 Å². The smallest absolute Gasteiger partial charge is 0.0512 e. The standard InChI is InChI=1S/C14H18BrClN2/c15-13-9-11(16)4-5-14(13)18-8-2-7-17-6-1-3-12(17)10-18/h4-5,9,12H,1-3,6-8,10H2. The molecule has 1 aromatic carbocycles. The molecule has 0 spiro atoms. The lowest BCUT2D eigenvalue weighted by Crippen LogP contribution is -2.36. The number of fused-ring (bicyclic) bond motifs is 1. The van der Waals surface area contributed by atoms with Crippen molar-refractivity contribution < 1.29 is 0 Å². The fourth-order valence-electron chi connectivity index (χ4n) is 3.16. The van der Waals surface area contributed by atoms with Crippen LogP contribution in [0.5, 0.6) is 0 Å². The summed E-state index contributed by atoms with van der Waals surface area (Å²) in [6.45, 7) is 4.85. The summed E-state index contributed by atoms with van der Waals surface area (Å²) in [7, 11) is 0. The van der Waals surface area contributed by atoms with Crippen LogP contribution < -0.4 is 4.90 Å². The Kier molecular flexibility index (Phi) is 3.83. The number of hydrogen-bond donors (Lipinski definition) is 0. The van der Waals surface area contributed by atoms with Crippen molar-refractivity contribution in [3.05, 3.63) is 27.7 Å². The molecule has 0 N–H and O–H groups in total. The first-order valence-electron chi connectivity index (χ1n) is 6.68. The third kappa shape index (κ3) is 2.54. The molecule has 2 fully saturated rings. The second-order valence-electron chi connectivity index (χ2n) is 5.23. The molecule has 1 atom stereocenters. The van der Waals surface area contributed by atoms with Gasteiger partial charge in [-0.3, -0.25) is 4.90 Å². The van der Waals surface area contributed by atoms with Crippen LogP contribution in [0.15, 0.2) is 22.7 Å². The molecular weight excluding hydrogens is 312 g/mol. The van der Waals surface area contributed by atoms with E-state index in [-0.39, 0.29) is 0 Å². The highest BCUT2D eigenvalue weighted by Crippen LogP contribution is 2.32. The lowest BCUT2D eigenvalue weighted by molar-refractivity contribution is 0.273. The molecule has 1 aromatic rings. The van der Waals surface area contributed by atoms with Gasteiger partial charge < -0.3 is 4.90 Å². The van der Waals surface area contributed by atoms with Crippen molar-refractivity contribution in [2.24, 2.45) is 0 Å². The van der Waals surface area contributed by atoms with Crippen LogP contribution in [-0.4, -0.2) is 37.1 Å². The first-order chi connectivity index (χ1) is 8.74. The highest BCUT2D eigenvalue weighted by molar-refractivity contribution is 9.10. The quantitative estimate of drug-likeness (QED) is 0.774. The van der Waals surface area contributed by atoms with Crippen molar-refractivity contribution in [1.29, 1.82) is 0 Å². The normalized spacial score (nSPS) is 25.0. The molecule has 0 radical (unpaired) electrons. The first-order valence-corrected chi connectivity index (χ1v) is 7.85. The molecule has 2 nitrogen and oxygen atoms in total. The Morgan fingerprint density at radius 2 is 2.00 bits per heavy atom. The zero-order chi connectivity index (χ0) is 12.5. The largest absolute Gasteiger partial charge is 0.369 e. The molecule has 0 bridgehead atoms. The molecule has 3 rings (SSSR count). The van der Waals surface area contributed by atoms with Crippen molar-refractivity contribution in [1.82, 2.24) is 4.90 Å². The van der Waals surface area contributed by atoms with Crippen molar-refractivity contribution in [3.8, 4) is 0 Å². The van der Waals surface area contributed by atoms with Gasteiger partial charge in [0.15, 0.2) is 0 Å². The van der Waals surface area contributed by atoms with Gasteiger partial charge in [0.25, 0.3) is 0 Å². The van der Waals surface area contributed by atoms with E-state index in [4.69, 9.17) is 11.6 Å². The predicted octanol–water partition coefficient (Wildman–Crippen LogP) is 3.78. The number of hydrogen-bond acceptors (Lipinski definition) is 2. The molecule has 0 aliphatic carbocycles. The lowest BCUT2D eigenvalue weighted by Gasteiger charge is -2.28. The maximum atomic E-state index is 6.02. The summed E-state index contributed by atoms with van der Waals surface area (Å²) in [6, 6.07) is 6.86. The van der Waals surface area contributed by atoms with Crippen LogP contribution in [0.1, 0.15) is 19.3 Å². The average molecular weight is 330 g/mol. The van der Waals surface area contributed by atoms with E-state index in [0.29, 0.717) is 0 Å². The van der Waals surface area contributed by atoms with Crippen molar-refractivity contribution in [2.45, 2.75) is 25.3 Å². The van der Waals surface area contributed by atoms with E-state index >= 15 is 0 Å². The molecule has 1 unspecified atom stereocenters. The molecule has 0 saturated carbocycles. The molecule has 2 heterocycles. The Bertz CT molecular complexity index is 438. The molecule has 98 valence electrons. The van der Waals surface area contributed by atoms with Crippen LogP contribution in [0.3, 0.4) is 0 Å². The van der Waals surface area contributed by atoms with Crippen LogP contribution in [0.4, 0.5) is 5.69 Å². The Morgan fingerprint density at radius 1 is 1.17 bits per heavy atom. The fraction of sp³-hybridized carbons (Fsp3) is 0.571. The summed E-state index contributed by atoms with van der Waals surface area (Å²) in [5.41, 5.74) is 1.29. The van der Waals surface area contributed by atoms with Gasteiger partial charge in [0, 0.05) is 35.2 Å². The van der Waals surface area contributed by atoms with E-state index in [9.17, 15) is 0 Å². The minimum atomic E-state index is 0.745. The Balaban J connectivity index is 1.82. The van der Waals surface area contributed by atoms with Crippen LogP contribution in [0.25, 0.3) is 0 Å². The van der Waals surface area contributed by atoms with Gasteiger partial charge in [-0.2, -0.15) is 0 Å². The van der Waals surface area contributed by atoms with Gasteiger partial charge in [-0.05, 0) is 59.9 Å². The predicted molar refractivity (Wildman–Crippen MR) is 80.6 cm³/mol. The fourth-order valence-corrected chi connectivity index (χ4v) is 4.10. The van der Waals surface area contributed by atoms with Gasteiger partial charge in [0.2, 0.25) is 0 Å². The van der Waals surface area contributed by atoms with E-state index in [1.54, 1.807) is 0 Å². The van der Waals surface area contributed by atoms with E-state index in [2.05, 4.69) is 31.8 Å². The zero-order valence-corrected chi connectivity index (χ0v) is 12.8. The van der Waals surface area contributed by atoms with Crippen LogP contribution in [0.2, 0.25) is 5.02 Å². The van der Waals surface area contributed by atoms with Crippen LogP contribution in [0, 0.1) is 0 Å². The van der Waals surface area contributed by atoms with Crippen molar-refractivity contribution >= 4 is 33.2 Å². The molecule has 2 aliphatic heterocycles. The molecule has 4 heteroatoms. The Morgan fingerprint density at radius 3 is 2.83 bits per heavy atom. The molecule has 18 heavy (non-hydrogen) atoms. The van der Waals surface area contributed by atoms with Crippen LogP contribution in [-0.2, 0) is 0 Å². The van der Waals surface area contributed by atoms with Gasteiger partial charge >= 0.3 is 0 Å².